The zero-order valence-electron chi connectivity index (χ0n) is 10.9. The highest BCUT2D eigenvalue weighted by Gasteiger charge is 2.16. The third-order valence-corrected chi connectivity index (χ3v) is 3.37. The molecule has 0 radical (unpaired) electrons. The quantitative estimate of drug-likeness (QED) is 0.792. The lowest BCUT2D eigenvalue weighted by atomic mass is 10.1. The Balaban J connectivity index is 1.93. The van der Waals surface area contributed by atoms with Gasteiger partial charge in [0.2, 0.25) is 0 Å². The first kappa shape index (κ1) is 12.0. The van der Waals surface area contributed by atoms with Crippen molar-refractivity contribution < 1.29 is 0 Å². The first-order chi connectivity index (χ1) is 9.22. The van der Waals surface area contributed by atoms with E-state index in [9.17, 15) is 4.79 Å². The number of hydrogen-bond acceptors (Lipinski definition) is 4. The van der Waals surface area contributed by atoms with Crippen LogP contribution >= 0.6 is 0 Å². The van der Waals surface area contributed by atoms with Gasteiger partial charge in [-0.15, -0.1) is 0 Å². The summed E-state index contributed by atoms with van der Waals surface area (Å²) in [4.78, 5) is 18.5. The highest BCUT2D eigenvalue weighted by atomic mass is 16.1. The number of rotatable bonds is 2. The summed E-state index contributed by atoms with van der Waals surface area (Å²) in [6.45, 7) is 2.23. The Morgan fingerprint density at radius 3 is 3.05 bits per heavy atom. The Bertz CT molecular complexity index is 636. The fourth-order valence-corrected chi connectivity index (χ4v) is 2.34. The van der Waals surface area contributed by atoms with Crippen LogP contribution < -0.4 is 5.56 Å². The number of pyridine rings is 1. The molecule has 5 nitrogen and oxygen atoms in total. The fourth-order valence-electron chi connectivity index (χ4n) is 2.34. The maximum atomic E-state index is 12.1. The van der Waals surface area contributed by atoms with Crippen LogP contribution in [0.15, 0.2) is 35.3 Å². The molecule has 0 amide bonds. The van der Waals surface area contributed by atoms with Crippen molar-refractivity contribution in [2.24, 2.45) is 0 Å². The minimum atomic E-state index is -0.0558. The van der Waals surface area contributed by atoms with Crippen molar-refractivity contribution in [2.75, 3.05) is 13.6 Å². The molecule has 2 aromatic rings. The van der Waals surface area contributed by atoms with Crippen molar-refractivity contribution in [1.82, 2.24) is 19.7 Å². The molecule has 2 aromatic heterocycles. The largest absolute Gasteiger partial charge is 0.302 e. The molecule has 0 N–H and O–H groups in total. The van der Waals surface area contributed by atoms with Crippen LogP contribution in [0, 0.1) is 0 Å². The normalized spacial score (nSPS) is 15.2. The van der Waals surface area contributed by atoms with E-state index < -0.39 is 0 Å². The molecule has 3 rings (SSSR count). The predicted molar refractivity (Wildman–Crippen MR) is 71.9 cm³/mol. The third kappa shape index (κ3) is 2.56. The lowest BCUT2D eigenvalue weighted by molar-refractivity contribution is 0.306. The van der Waals surface area contributed by atoms with Gasteiger partial charge in [-0.3, -0.25) is 9.78 Å². The first-order valence-corrected chi connectivity index (χ1v) is 6.41. The van der Waals surface area contributed by atoms with Gasteiger partial charge in [-0.2, -0.15) is 5.10 Å². The van der Waals surface area contributed by atoms with Gasteiger partial charge in [-0.25, -0.2) is 4.68 Å². The van der Waals surface area contributed by atoms with E-state index in [2.05, 4.69) is 22.0 Å². The Morgan fingerprint density at radius 1 is 1.37 bits per heavy atom. The summed E-state index contributed by atoms with van der Waals surface area (Å²) in [7, 11) is 2.06. The smallest absolute Gasteiger partial charge is 0.267 e. The average molecular weight is 256 g/mol. The highest BCUT2D eigenvalue weighted by Crippen LogP contribution is 2.13. The standard InChI is InChI=1S/C14H16N4O/c1-17-7-5-13-11(9-17)8-14(19)18(16-13)10-12-4-2-3-6-15-12/h2-4,6,8H,5,7,9-10H2,1H3. The van der Waals surface area contributed by atoms with E-state index in [1.165, 1.54) is 4.68 Å². The zero-order valence-corrected chi connectivity index (χ0v) is 10.9. The van der Waals surface area contributed by atoms with E-state index in [1.54, 1.807) is 12.3 Å². The molecule has 0 aliphatic carbocycles. The maximum absolute atomic E-state index is 12.1. The van der Waals surface area contributed by atoms with E-state index in [-0.39, 0.29) is 5.56 Å². The van der Waals surface area contributed by atoms with Crippen molar-refractivity contribution in [1.29, 1.82) is 0 Å². The molecule has 0 atom stereocenters. The van der Waals surface area contributed by atoms with Gasteiger partial charge >= 0.3 is 0 Å². The molecular formula is C14H16N4O. The van der Waals surface area contributed by atoms with E-state index in [0.29, 0.717) is 6.54 Å². The maximum Gasteiger partial charge on any atom is 0.267 e. The predicted octanol–water partition coefficient (Wildman–Crippen LogP) is 0.674. The summed E-state index contributed by atoms with van der Waals surface area (Å²) in [6.07, 6.45) is 2.63. The molecular weight excluding hydrogens is 240 g/mol. The van der Waals surface area contributed by atoms with Crippen molar-refractivity contribution in [3.8, 4) is 0 Å². The molecule has 1 aliphatic rings. The molecule has 5 heteroatoms. The van der Waals surface area contributed by atoms with Crippen LogP contribution in [0.1, 0.15) is 17.0 Å². The summed E-state index contributed by atoms with van der Waals surface area (Å²) in [6, 6.07) is 7.39. The molecule has 0 saturated carbocycles. The van der Waals surface area contributed by atoms with Gasteiger partial charge in [0.15, 0.2) is 0 Å². The molecule has 1 aliphatic heterocycles. The monoisotopic (exact) mass is 256 g/mol. The first-order valence-electron chi connectivity index (χ1n) is 6.41. The van der Waals surface area contributed by atoms with E-state index in [0.717, 1.165) is 36.5 Å². The van der Waals surface area contributed by atoms with Crippen molar-refractivity contribution in [3.63, 3.8) is 0 Å². The molecule has 0 aromatic carbocycles. The molecule has 0 bridgehead atoms. The lowest BCUT2D eigenvalue weighted by Gasteiger charge is -2.24. The van der Waals surface area contributed by atoms with Gasteiger partial charge in [0, 0.05) is 31.8 Å². The van der Waals surface area contributed by atoms with Gasteiger partial charge in [0.05, 0.1) is 17.9 Å². The van der Waals surface area contributed by atoms with Crippen LogP contribution in [-0.2, 0) is 19.5 Å². The van der Waals surface area contributed by atoms with Crippen LogP contribution in [0.25, 0.3) is 0 Å². The number of fused-ring (bicyclic) bond motifs is 1. The second kappa shape index (κ2) is 4.93. The van der Waals surface area contributed by atoms with Crippen LogP contribution in [0.2, 0.25) is 0 Å². The van der Waals surface area contributed by atoms with Crippen molar-refractivity contribution >= 4 is 0 Å². The summed E-state index contributed by atoms with van der Waals surface area (Å²) >= 11 is 0. The SMILES string of the molecule is CN1CCc2nn(Cc3ccccn3)c(=O)cc2C1. The van der Waals surface area contributed by atoms with Gasteiger partial charge in [0.1, 0.15) is 0 Å². The fraction of sp³-hybridized carbons (Fsp3) is 0.357. The average Bonchev–Trinajstić information content (AvgIpc) is 2.41. The number of hydrogen-bond donors (Lipinski definition) is 0. The van der Waals surface area contributed by atoms with Gasteiger partial charge in [-0.1, -0.05) is 6.07 Å². The third-order valence-electron chi connectivity index (χ3n) is 3.37. The van der Waals surface area contributed by atoms with E-state index in [1.807, 2.05) is 18.2 Å². The van der Waals surface area contributed by atoms with E-state index >= 15 is 0 Å². The van der Waals surface area contributed by atoms with Crippen LogP contribution in [0.3, 0.4) is 0 Å². The summed E-state index contributed by atoms with van der Waals surface area (Å²) in [5.41, 5.74) is 2.88. The molecule has 0 fully saturated rings. The molecule has 98 valence electrons. The van der Waals surface area contributed by atoms with Crippen LogP contribution in [-0.4, -0.2) is 33.3 Å². The van der Waals surface area contributed by atoms with Gasteiger partial charge < -0.3 is 4.90 Å². The molecule has 0 spiro atoms. The molecule has 3 heterocycles. The van der Waals surface area contributed by atoms with Crippen LogP contribution in [0.5, 0.6) is 0 Å². The second-order valence-electron chi connectivity index (χ2n) is 4.92. The van der Waals surface area contributed by atoms with Gasteiger partial charge in [0.25, 0.3) is 5.56 Å². The Labute approximate surface area is 111 Å². The topological polar surface area (TPSA) is 51.0 Å². The lowest BCUT2D eigenvalue weighted by Crippen LogP contribution is -2.33. The Hall–Kier alpha value is -2.01. The summed E-state index contributed by atoms with van der Waals surface area (Å²) in [5.74, 6) is 0. The molecule has 0 saturated heterocycles. The minimum Gasteiger partial charge on any atom is -0.302 e. The van der Waals surface area contributed by atoms with Crippen molar-refractivity contribution in [2.45, 2.75) is 19.5 Å². The highest BCUT2D eigenvalue weighted by molar-refractivity contribution is 5.20. The van der Waals surface area contributed by atoms with E-state index in [4.69, 9.17) is 0 Å². The van der Waals surface area contributed by atoms with Crippen molar-refractivity contribution in [3.05, 3.63) is 57.8 Å². The Morgan fingerprint density at radius 2 is 2.26 bits per heavy atom. The minimum absolute atomic E-state index is 0.0558. The molecule has 19 heavy (non-hydrogen) atoms. The summed E-state index contributed by atoms with van der Waals surface area (Å²) in [5, 5.41) is 4.48. The molecule has 0 unspecified atom stereocenters. The summed E-state index contributed by atoms with van der Waals surface area (Å²) < 4.78 is 1.51. The zero-order chi connectivity index (χ0) is 13.2. The van der Waals surface area contributed by atoms with Crippen LogP contribution in [0.4, 0.5) is 0 Å². The van der Waals surface area contributed by atoms with Gasteiger partial charge in [-0.05, 0) is 24.7 Å². The number of aromatic nitrogens is 3. The number of nitrogens with zero attached hydrogens (tertiary/aromatic N) is 4. The number of likely N-dealkylation sites (N-methyl/N-ethyl adjacent to an activating group) is 1. The second-order valence-corrected chi connectivity index (χ2v) is 4.92. The Kier molecular flexibility index (Phi) is 3.13.